The molecule has 5 rings (SSSR count). The molecule has 5 heteroatoms. The third kappa shape index (κ3) is 3.35. The summed E-state index contributed by atoms with van der Waals surface area (Å²) in [6, 6.07) is 27.4. The molecule has 0 unspecified atom stereocenters. The predicted molar refractivity (Wildman–Crippen MR) is 126 cm³/mol. The van der Waals surface area contributed by atoms with Crippen molar-refractivity contribution < 1.29 is 9.53 Å². The minimum Gasteiger partial charge on any atom is -0.497 e. The van der Waals surface area contributed by atoms with E-state index in [4.69, 9.17) is 9.72 Å². The zero-order valence-electron chi connectivity index (χ0n) is 17.3. The highest BCUT2D eigenvalue weighted by atomic mass is 32.2. The van der Waals surface area contributed by atoms with Crippen LogP contribution in [0.4, 0.5) is 0 Å². The summed E-state index contributed by atoms with van der Waals surface area (Å²) in [6.07, 6.45) is 0. The minimum atomic E-state index is -0.0926. The number of rotatable bonds is 5. The average molecular weight is 435 g/mol. The summed E-state index contributed by atoms with van der Waals surface area (Å²) in [5.41, 5.74) is 5.58. The first-order valence-electron chi connectivity index (χ1n) is 10.1. The van der Waals surface area contributed by atoms with Crippen molar-refractivity contribution in [2.24, 2.45) is 0 Å². The van der Waals surface area contributed by atoms with Crippen LogP contribution in [0.2, 0.25) is 0 Å². The lowest BCUT2D eigenvalue weighted by atomic mass is 9.94. The molecule has 4 aromatic rings. The Balaban J connectivity index is 1.72. The Labute approximate surface area is 190 Å². The Bertz CT molecular complexity index is 1370. The zero-order chi connectivity index (χ0) is 22.1. The number of nitrogens with zero attached hydrogens (tertiary/aromatic N) is 2. The number of pyridine rings is 1. The van der Waals surface area contributed by atoms with Crippen LogP contribution in [0.5, 0.6) is 5.75 Å². The van der Waals surface area contributed by atoms with Gasteiger partial charge in [0.2, 0.25) is 0 Å². The summed E-state index contributed by atoms with van der Waals surface area (Å²) in [5, 5.41) is 10.8. The van der Waals surface area contributed by atoms with Crippen LogP contribution in [0.3, 0.4) is 0 Å². The van der Waals surface area contributed by atoms with Crippen LogP contribution >= 0.6 is 11.8 Å². The first-order valence-corrected chi connectivity index (χ1v) is 11.1. The van der Waals surface area contributed by atoms with Gasteiger partial charge in [0.05, 0.1) is 23.9 Å². The molecule has 154 valence electrons. The molecule has 0 N–H and O–H groups in total. The van der Waals surface area contributed by atoms with Gasteiger partial charge >= 0.3 is 0 Å². The van der Waals surface area contributed by atoms with Crippen molar-refractivity contribution in [1.82, 2.24) is 4.98 Å². The van der Waals surface area contributed by atoms with Crippen molar-refractivity contribution in [2.75, 3.05) is 7.11 Å². The summed E-state index contributed by atoms with van der Waals surface area (Å²) in [7, 11) is 1.61. The van der Waals surface area contributed by atoms with Gasteiger partial charge in [-0.05, 0) is 23.3 Å². The van der Waals surface area contributed by atoms with Gasteiger partial charge in [-0.1, -0.05) is 66.7 Å². The fraction of sp³-hybridized carbons (Fsp3) is 0.0741. The molecular formula is C27H18N2O2S. The van der Waals surface area contributed by atoms with Gasteiger partial charge in [-0.2, -0.15) is 5.26 Å². The Morgan fingerprint density at radius 2 is 1.59 bits per heavy atom. The van der Waals surface area contributed by atoms with E-state index in [1.54, 1.807) is 7.11 Å². The predicted octanol–water partition coefficient (Wildman–Crippen LogP) is 6.13. The normalized spacial score (nSPS) is 11.6. The van der Waals surface area contributed by atoms with Crippen LogP contribution in [0.15, 0.2) is 83.9 Å². The highest BCUT2D eigenvalue weighted by Crippen LogP contribution is 2.45. The van der Waals surface area contributed by atoms with Crippen LogP contribution < -0.4 is 4.74 Å². The van der Waals surface area contributed by atoms with Gasteiger partial charge in [0.15, 0.2) is 5.78 Å². The number of methoxy groups -OCH3 is 1. The molecule has 1 aromatic heterocycles. The van der Waals surface area contributed by atoms with Crippen LogP contribution in [0, 0.1) is 11.3 Å². The van der Waals surface area contributed by atoms with Crippen molar-refractivity contribution in [2.45, 2.75) is 10.8 Å². The molecule has 0 aliphatic heterocycles. The Hall–Kier alpha value is -3.88. The zero-order valence-corrected chi connectivity index (χ0v) is 18.1. The molecule has 1 aliphatic rings. The number of carbonyl (C=O) groups is 1. The number of hydrogen-bond donors (Lipinski definition) is 0. The van der Waals surface area contributed by atoms with E-state index in [1.807, 2.05) is 66.7 Å². The molecule has 0 atom stereocenters. The Morgan fingerprint density at radius 3 is 2.28 bits per heavy atom. The van der Waals surface area contributed by atoms with Gasteiger partial charge in [-0.3, -0.25) is 4.79 Å². The van der Waals surface area contributed by atoms with Crippen LogP contribution in [0.25, 0.3) is 22.4 Å². The molecule has 0 radical (unpaired) electrons. The van der Waals surface area contributed by atoms with E-state index < -0.39 is 0 Å². The third-order valence-electron chi connectivity index (χ3n) is 5.53. The van der Waals surface area contributed by atoms with E-state index in [0.29, 0.717) is 44.5 Å². The third-order valence-corrected chi connectivity index (χ3v) is 6.57. The number of benzene rings is 3. The maximum absolute atomic E-state index is 13.4. The number of carbonyl (C=O) groups excluding carboxylic acids is 1. The van der Waals surface area contributed by atoms with E-state index in [2.05, 4.69) is 18.2 Å². The van der Waals surface area contributed by atoms with E-state index in [9.17, 15) is 10.1 Å². The lowest BCUT2D eigenvalue weighted by Gasteiger charge is -2.14. The molecule has 1 aliphatic carbocycles. The molecule has 1 heterocycles. The van der Waals surface area contributed by atoms with E-state index in [0.717, 1.165) is 16.7 Å². The lowest BCUT2D eigenvalue weighted by Crippen LogP contribution is -2.04. The summed E-state index contributed by atoms with van der Waals surface area (Å²) in [4.78, 5) is 18.2. The number of hydrogen-bond acceptors (Lipinski definition) is 5. The van der Waals surface area contributed by atoms with Crippen LogP contribution in [-0.2, 0) is 5.75 Å². The number of ether oxygens (including phenoxy) is 1. The Kier molecular flexibility index (Phi) is 5.22. The Morgan fingerprint density at radius 1 is 0.906 bits per heavy atom. The first kappa shape index (κ1) is 20.0. The quantitative estimate of drug-likeness (QED) is 0.311. The highest BCUT2D eigenvalue weighted by Gasteiger charge is 2.34. The van der Waals surface area contributed by atoms with Crippen LogP contribution in [0.1, 0.15) is 27.0 Å². The number of thioether (sulfide) groups is 1. The van der Waals surface area contributed by atoms with Crippen LogP contribution in [-0.4, -0.2) is 17.9 Å². The summed E-state index contributed by atoms with van der Waals surface area (Å²) >= 11 is 1.51. The topological polar surface area (TPSA) is 63.0 Å². The molecule has 0 spiro atoms. The molecule has 0 saturated heterocycles. The largest absolute Gasteiger partial charge is 0.497 e. The summed E-state index contributed by atoms with van der Waals surface area (Å²) in [5.74, 6) is 1.30. The summed E-state index contributed by atoms with van der Waals surface area (Å²) < 4.78 is 5.29. The number of aromatic nitrogens is 1. The number of ketones is 1. The molecule has 0 amide bonds. The second-order valence-electron chi connectivity index (χ2n) is 7.38. The molecule has 3 aromatic carbocycles. The number of fused-ring (bicyclic) bond motifs is 3. The van der Waals surface area contributed by atoms with Gasteiger partial charge in [0.25, 0.3) is 0 Å². The second kappa shape index (κ2) is 8.33. The van der Waals surface area contributed by atoms with E-state index in [1.165, 1.54) is 11.8 Å². The molecular weight excluding hydrogens is 416 g/mol. The minimum absolute atomic E-state index is 0.0926. The number of nitriles is 1. The van der Waals surface area contributed by atoms with Gasteiger partial charge in [-0.25, -0.2) is 4.98 Å². The van der Waals surface area contributed by atoms with Crippen molar-refractivity contribution in [1.29, 1.82) is 5.26 Å². The second-order valence-corrected chi connectivity index (χ2v) is 8.34. The van der Waals surface area contributed by atoms with Gasteiger partial charge in [0, 0.05) is 22.4 Å². The fourth-order valence-corrected chi connectivity index (χ4v) is 4.93. The fourth-order valence-electron chi connectivity index (χ4n) is 3.98. The molecule has 4 nitrogen and oxygen atoms in total. The van der Waals surface area contributed by atoms with Crippen molar-refractivity contribution in [3.63, 3.8) is 0 Å². The van der Waals surface area contributed by atoms with Crippen molar-refractivity contribution >= 4 is 17.5 Å². The monoisotopic (exact) mass is 434 g/mol. The molecule has 32 heavy (non-hydrogen) atoms. The first-order chi connectivity index (χ1) is 15.7. The van der Waals surface area contributed by atoms with Crippen molar-refractivity contribution in [3.05, 3.63) is 101 Å². The molecule has 0 fully saturated rings. The average Bonchev–Trinajstić information content (AvgIpc) is 3.14. The lowest BCUT2D eigenvalue weighted by molar-refractivity contribution is 0.104. The van der Waals surface area contributed by atoms with E-state index in [-0.39, 0.29) is 5.78 Å². The molecule has 0 bridgehead atoms. The smallest absolute Gasteiger partial charge is 0.196 e. The standard InChI is InChI=1S/C27H18N2O2S/c1-31-19-13-11-18(12-14-19)23-22(15-28)27(32-16-17-7-3-2-4-8-17)29-25-20-9-5-6-10-21(20)26(30)24(23)25/h2-14H,16H2,1H3. The van der Waals surface area contributed by atoms with E-state index >= 15 is 0 Å². The van der Waals surface area contributed by atoms with Crippen molar-refractivity contribution in [3.8, 4) is 34.2 Å². The van der Waals surface area contributed by atoms with Gasteiger partial charge < -0.3 is 4.74 Å². The van der Waals surface area contributed by atoms with Gasteiger partial charge in [0.1, 0.15) is 16.8 Å². The highest BCUT2D eigenvalue weighted by molar-refractivity contribution is 7.98. The summed E-state index contributed by atoms with van der Waals surface area (Å²) in [6.45, 7) is 0. The maximum Gasteiger partial charge on any atom is 0.196 e. The van der Waals surface area contributed by atoms with Gasteiger partial charge in [-0.15, -0.1) is 11.8 Å². The molecule has 0 saturated carbocycles. The SMILES string of the molecule is COc1ccc(-c2c(C#N)c(SCc3ccccc3)nc3c2C(=O)c2ccccc2-3)cc1. The maximum atomic E-state index is 13.4.